The zero-order chi connectivity index (χ0) is 33.6. The molecule has 1 aliphatic rings. The second-order valence-electron chi connectivity index (χ2n) is 12.2. The molecular weight excluding hydrogens is 644 g/mol. The van der Waals surface area contributed by atoms with Crippen LogP contribution in [0.4, 0.5) is 11.4 Å². The summed E-state index contributed by atoms with van der Waals surface area (Å²) >= 11 is 3.28. The summed E-state index contributed by atoms with van der Waals surface area (Å²) in [5.41, 5.74) is 1.34. The Hall–Kier alpha value is -3.60. The first kappa shape index (κ1) is 37.6. The van der Waals surface area contributed by atoms with Crippen LogP contribution in [0.15, 0.2) is 61.8 Å². The highest BCUT2D eigenvalue weighted by molar-refractivity contribution is 9.10. The lowest BCUT2D eigenvalue weighted by molar-refractivity contribution is -0.384. The van der Waals surface area contributed by atoms with Gasteiger partial charge in [-0.1, -0.05) is 27.7 Å². The summed E-state index contributed by atoms with van der Waals surface area (Å²) in [6.45, 7) is 9.81. The number of amides is 1. The van der Waals surface area contributed by atoms with Gasteiger partial charge < -0.3 is 25.2 Å². The number of nitrogens with one attached hydrogen (secondary N) is 1. The van der Waals surface area contributed by atoms with E-state index in [0.717, 1.165) is 31.0 Å². The van der Waals surface area contributed by atoms with Crippen molar-refractivity contribution in [1.29, 1.82) is 5.26 Å². The molecule has 2 rings (SSSR count). The fourth-order valence-electron chi connectivity index (χ4n) is 5.14. The summed E-state index contributed by atoms with van der Waals surface area (Å²) in [6.07, 6.45) is 7.72. The third-order valence-electron chi connectivity index (χ3n) is 6.99. The molecule has 1 aromatic carbocycles. The molecule has 0 heterocycles. The zero-order valence-electron chi connectivity index (χ0n) is 26.8. The van der Waals surface area contributed by atoms with Crippen molar-refractivity contribution in [1.82, 2.24) is 10.2 Å². The number of nitro groups is 1. The fraction of sp³-hybridized carbons (Fsp3) is 0.562. The number of carbonyl (C=O) groups is 1. The molecule has 0 spiro atoms. The standard InChI is InChI=1S/C32H45BrN6O6/c1-22(20-32(2,3)4)16-30(42)35-27-19-28(38(12-6-8-14-40)13-7-9-15-41)29(45-5)11-10-26(27)36-37-31-23(21-34)17-24(39(43)44)18-25(31)33/h10,17-19,22,40-41H,6-9,11-16,20H2,1-5H3,(H,35,42). The van der Waals surface area contributed by atoms with Gasteiger partial charge in [-0.3, -0.25) is 14.9 Å². The summed E-state index contributed by atoms with van der Waals surface area (Å²) in [5, 5.41) is 51.5. The highest BCUT2D eigenvalue weighted by atomic mass is 79.9. The SMILES string of the molecule is COC1=C(N(CCCCO)CCCCO)C=C(NC(=O)CC(C)CC(C)(C)C)C(N=Nc2c(Br)cc([N+](=O)[O-])cc2C#N)=CC1. The number of rotatable bonds is 17. The van der Waals surface area contributed by atoms with Gasteiger partial charge in [0.2, 0.25) is 5.91 Å². The Morgan fingerprint density at radius 1 is 1.20 bits per heavy atom. The topological polar surface area (TPSA) is 174 Å². The zero-order valence-corrected chi connectivity index (χ0v) is 28.4. The van der Waals surface area contributed by atoms with Crippen LogP contribution in [0.2, 0.25) is 0 Å². The van der Waals surface area contributed by atoms with Crippen LogP contribution in [0.3, 0.4) is 0 Å². The Kier molecular flexibility index (Phi) is 15.4. The molecule has 1 aromatic rings. The summed E-state index contributed by atoms with van der Waals surface area (Å²) in [4.78, 5) is 26.2. The first-order valence-electron chi connectivity index (χ1n) is 15.1. The molecule has 1 unspecified atom stereocenters. The van der Waals surface area contributed by atoms with Gasteiger partial charge in [0.15, 0.2) is 0 Å². The number of nitriles is 1. The van der Waals surface area contributed by atoms with Gasteiger partial charge in [-0.25, -0.2) is 0 Å². The maximum Gasteiger partial charge on any atom is 0.272 e. The van der Waals surface area contributed by atoms with E-state index < -0.39 is 4.92 Å². The number of hydrogen-bond donors (Lipinski definition) is 3. The van der Waals surface area contributed by atoms with Crippen LogP contribution in [0.1, 0.15) is 78.2 Å². The van der Waals surface area contributed by atoms with E-state index in [-0.39, 0.29) is 51.9 Å². The van der Waals surface area contributed by atoms with Gasteiger partial charge in [-0.2, -0.15) is 5.26 Å². The van der Waals surface area contributed by atoms with E-state index in [4.69, 9.17) is 4.74 Å². The van der Waals surface area contributed by atoms with E-state index in [1.807, 2.05) is 13.0 Å². The number of halogens is 1. The molecule has 0 aliphatic heterocycles. The summed E-state index contributed by atoms with van der Waals surface area (Å²) in [5.74, 6) is 0.564. The first-order valence-corrected chi connectivity index (χ1v) is 15.9. The van der Waals surface area contributed by atoms with Crippen molar-refractivity contribution in [2.75, 3.05) is 33.4 Å². The van der Waals surface area contributed by atoms with E-state index in [1.54, 1.807) is 19.3 Å². The van der Waals surface area contributed by atoms with Crippen LogP contribution in [0.5, 0.6) is 0 Å². The minimum Gasteiger partial charge on any atom is -0.499 e. The van der Waals surface area contributed by atoms with Gasteiger partial charge in [-0.05, 0) is 71.5 Å². The molecule has 0 bridgehead atoms. The molecule has 0 aromatic heterocycles. The van der Waals surface area contributed by atoms with Gasteiger partial charge in [0.05, 0.1) is 33.5 Å². The van der Waals surface area contributed by atoms with Gasteiger partial charge in [-0.15, -0.1) is 10.2 Å². The van der Waals surface area contributed by atoms with E-state index in [2.05, 4.69) is 57.1 Å². The van der Waals surface area contributed by atoms with Gasteiger partial charge >= 0.3 is 0 Å². The smallest absolute Gasteiger partial charge is 0.272 e. The lowest BCUT2D eigenvalue weighted by atomic mass is 9.84. The molecule has 0 fully saturated rings. The van der Waals surface area contributed by atoms with Gasteiger partial charge in [0, 0.05) is 51.3 Å². The quantitative estimate of drug-likeness (QED) is 0.0696. The average molecular weight is 690 g/mol. The molecule has 13 heteroatoms. The number of benzene rings is 1. The molecule has 1 atom stereocenters. The van der Waals surface area contributed by atoms with Gasteiger partial charge in [0.25, 0.3) is 5.69 Å². The van der Waals surface area contributed by atoms with Crippen molar-refractivity contribution in [2.24, 2.45) is 21.6 Å². The van der Waals surface area contributed by atoms with Crippen LogP contribution < -0.4 is 5.32 Å². The number of methoxy groups -OCH3 is 1. The summed E-state index contributed by atoms with van der Waals surface area (Å²) < 4.78 is 6.03. The lowest BCUT2D eigenvalue weighted by Gasteiger charge is -2.28. The monoisotopic (exact) mass is 688 g/mol. The van der Waals surface area contributed by atoms with Gasteiger partial charge in [0.1, 0.15) is 23.2 Å². The molecule has 0 saturated heterocycles. The number of ether oxygens (including phenoxy) is 1. The number of nitrogens with zero attached hydrogens (tertiary/aromatic N) is 5. The molecule has 0 saturated carbocycles. The van der Waals surface area contributed by atoms with E-state index in [9.17, 15) is 30.4 Å². The molecule has 3 N–H and O–H groups in total. The predicted octanol–water partition coefficient (Wildman–Crippen LogP) is 6.77. The number of aliphatic hydroxyl groups excluding tert-OH is 2. The fourth-order valence-corrected chi connectivity index (χ4v) is 5.67. The molecule has 0 radical (unpaired) electrons. The van der Waals surface area contributed by atoms with Crippen LogP contribution >= 0.6 is 15.9 Å². The molecule has 1 aliphatic carbocycles. The molecule has 12 nitrogen and oxygen atoms in total. The van der Waals surface area contributed by atoms with Crippen molar-refractivity contribution in [3.63, 3.8) is 0 Å². The van der Waals surface area contributed by atoms with E-state index in [0.29, 0.717) is 55.9 Å². The highest BCUT2D eigenvalue weighted by Crippen LogP contribution is 2.35. The largest absolute Gasteiger partial charge is 0.499 e. The van der Waals surface area contributed by atoms with Crippen molar-refractivity contribution >= 4 is 33.2 Å². The van der Waals surface area contributed by atoms with Crippen LogP contribution in [-0.2, 0) is 9.53 Å². The summed E-state index contributed by atoms with van der Waals surface area (Å²) in [7, 11) is 1.57. The average Bonchev–Trinajstić information content (AvgIpc) is 3.13. The number of carbonyl (C=O) groups excluding carboxylic acids is 1. The Balaban J connectivity index is 2.59. The maximum atomic E-state index is 13.4. The molecular formula is C32H45BrN6O6. The second-order valence-corrected chi connectivity index (χ2v) is 13.1. The Morgan fingerprint density at radius 2 is 1.84 bits per heavy atom. The number of azo groups is 1. The molecule has 246 valence electrons. The normalized spacial score (nSPS) is 14.4. The maximum absolute atomic E-state index is 13.4. The van der Waals surface area contributed by atoms with Crippen molar-refractivity contribution in [3.05, 3.63) is 67.3 Å². The number of allylic oxidation sites excluding steroid dienone is 2. The second kappa shape index (κ2) is 18.4. The Morgan fingerprint density at radius 3 is 2.38 bits per heavy atom. The van der Waals surface area contributed by atoms with Crippen molar-refractivity contribution in [2.45, 2.75) is 72.6 Å². The van der Waals surface area contributed by atoms with Crippen LogP contribution in [0, 0.1) is 32.8 Å². The first-order chi connectivity index (χ1) is 21.3. The van der Waals surface area contributed by atoms with Crippen LogP contribution in [0.25, 0.3) is 0 Å². The third-order valence-corrected chi connectivity index (χ3v) is 7.59. The number of unbranched alkanes of at least 4 members (excludes halogenated alkanes) is 2. The number of non-ortho nitro benzene ring substituents is 1. The van der Waals surface area contributed by atoms with Crippen LogP contribution in [-0.4, -0.2) is 59.4 Å². The number of nitro benzene ring substituents is 1. The summed E-state index contributed by atoms with van der Waals surface area (Å²) in [6, 6.07) is 4.33. The van der Waals surface area contributed by atoms with Crippen molar-refractivity contribution in [3.8, 4) is 6.07 Å². The minimum absolute atomic E-state index is 0.0325. The Bertz CT molecular complexity index is 1350. The molecule has 45 heavy (non-hydrogen) atoms. The predicted molar refractivity (Wildman–Crippen MR) is 175 cm³/mol. The van der Waals surface area contributed by atoms with E-state index >= 15 is 0 Å². The van der Waals surface area contributed by atoms with Crippen molar-refractivity contribution < 1.29 is 24.7 Å². The number of aliphatic hydroxyl groups is 2. The number of hydrogen-bond acceptors (Lipinski definition) is 10. The minimum atomic E-state index is -0.594. The van der Waals surface area contributed by atoms with E-state index in [1.165, 1.54) is 6.07 Å². The molecule has 1 amide bonds. The highest BCUT2D eigenvalue weighted by Gasteiger charge is 2.23. The lowest BCUT2D eigenvalue weighted by Crippen LogP contribution is -2.29. The Labute approximate surface area is 273 Å². The third kappa shape index (κ3) is 12.4.